The molecule has 2 aromatic rings. The molecular weight excluding hydrogens is 277 g/mol. The average molecular weight is 294 g/mol. The Hall–Kier alpha value is -1.58. The van der Waals surface area contributed by atoms with Crippen molar-refractivity contribution < 1.29 is 9.50 Å². The van der Waals surface area contributed by atoms with Gasteiger partial charge in [0.05, 0.1) is 0 Å². The van der Waals surface area contributed by atoms with Gasteiger partial charge in [-0.05, 0) is 42.3 Å². The third-order valence-electron chi connectivity index (χ3n) is 3.24. The molecule has 20 heavy (non-hydrogen) atoms. The molecule has 106 valence electrons. The highest BCUT2D eigenvalue weighted by atomic mass is 35.5. The summed E-state index contributed by atoms with van der Waals surface area (Å²) < 4.78 is 13.2. The van der Waals surface area contributed by atoms with E-state index in [1.54, 1.807) is 0 Å². The monoisotopic (exact) mass is 293 g/mol. The number of aromatic hydroxyl groups is 1. The lowest BCUT2D eigenvalue weighted by atomic mass is 10.0. The van der Waals surface area contributed by atoms with Crippen LogP contribution >= 0.6 is 11.6 Å². The first-order valence-corrected chi connectivity index (χ1v) is 6.94. The standard InChI is InChI=1S/C16H17ClFNO/c1-2-15(11-4-3-5-13(17)8-11)19-10-12-9-14(18)6-7-16(12)20/h3-9,15,19-20H,2,10H2,1H3. The SMILES string of the molecule is CCC(NCc1cc(F)ccc1O)c1cccc(Cl)c1. The molecule has 1 unspecified atom stereocenters. The number of halogens is 2. The number of phenolic OH excluding ortho intramolecular Hbond substituents is 1. The Morgan fingerprint density at radius 2 is 2.05 bits per heavy atom. The van der Waals surface area contributed by atoms with Crippen LogP contribution in [0.25, 0.3) is 0 Å². The second-order valence-corrected chi connectivity index (χ2v) is 5.11. The normalized spacial score (nSPS) is 12.3. The van der Waals surface area contributed by atoms with Gasteiger partial charge in [0.15, 0.2) is 0 Å². The summed E-state index contributed by atoms with van der Waals surface area (Å²) in [6.07, 6.45) is 0.871. The predicted molar refractivity (Wildman–Crippen MR) is 79.4 cm³/mol. The lowest BCUT2D eigenvalue weighted by Gasteiger charge is -2.18. The summed E-state index contributed by atoms with van der Waals surface area (Å²) in [6, 6.07) is 11.7. The number of hydrogen-bond acceptors (Lipinski definition) is 2. The van der Waals surface area contributed by atoms with Gasteiger partial charge >= 0.3 is 0 Å². The molecule has 0 heterocycles. The highest BCUT2D eigenvalue weighted by molar-refractivity contribution is 6.30. The smallest absolute Gasteiger partial charge is 0.123 e. The first-order chi connectivity index (χ1) is 9.60. The fourth-order valence-corrected chi connectivity index (χ4v) is 2.35. The van der Waals surface area contributed by atoms with Gasteiger partial charge in [-0.3, -0.25) is 0 Å². The highest BCUT2D eigenvalue weighted by Gasteiger charge is 2.10. The predicted octanol–water partition coefficient (Wildman–Crippen LogP) is 4.43. The summed E-state index contributed by atoms with van der Waals surface area (Å²) in [5, 5.41) is 13.7. The van der Waals surface area contributed by atoms with Crippen LogP contribution in [0.3, 0.4) is 0 Å². The van der Waals surface area contributed by atoms with E-state index in [-0.39, 0.29) is 17.6 Å². The molecule has 1 atom stereocenters. The zero-order valence-corrected chi connectivity index (χ0v) is 12.0. The zero-order chi connectivity index (χ0) is 14.5. The number of rotatable bonds is 5. The molecule has 0 aromatic heterocycles. The summed E-state index contributed by atoms with van der Waals surface area (Å²) in [6.45, 7) is 2.46. The molecule has 0 saturated heterocycles. The van der Waals surface area contributed by atoms with Crippen molar-refractivity contribution in [2.45, 2.75) is 25.9 Å². The molecule has 4 heteroatoms. The van der Waals surface area contributed by atoms with Crippen LogP contribution in [0, 0.1) is 5.82 Å². The number of hydrogen-bond donors (Lipinski definition) is 2. The summed E-state index contributed by atoms with van der Waals surface area (Å²) in [5.74, 6) is -0.254. The van der Waals surface area contributed by atoms with E-state index in [2.05, 4.69) is 12.2 Å². The summed E-state index contributed by atoms with van der Waals surface area (Å²) >= 11 is 5.99. The third kappa shape index (κ3) is 3.71. The number of nitrogens with one attached hydrogen (secondary N) is 1. The Balaban J connectivity index is 2.09. The molecule has 0 spiro atoms. The van der Waals surface area contributed by atoms with Crippen LogP contribution in [0.1, 0.15) is 30.5 Å². The Morgan fingerprint density at radius 1 is 1.25 bits per heavy atom. The van der Waals surface area contributed by atoms with E-state index in [9.17, 15) is 9.50 Å². The molecule has 2 nitrogen and oxygen atoms in total. The second-order valence-electron chi connectivity index (χ2n) is 4.67. The Bertz CT molecular complexity index is 588. The fraction of sp³-hybridized carbons (Fsp3) is 0.250. The third-order valence-corrected chi connectivity index (χ3v) is 3.47. The van der Waals surface area contributed by atoms with Crippen LogP contribution in [0.4, 0.5) is 4.39 Å². The molecule has 0 bridgehead atoms. The molecule has 0 radical (unpaired) electrons. The molecule has 2 rings (SSSR count). The van der Waals surface area contributed by atoms with E-state index < -0.39 is 0 Å². The first-order valence-electron chi connectivity index (χ1n) is 6.56. The Labute approximate surface area is 123 Å². The minimum absolute atomic E-state index is 0.0971. The fourth-order valence-electron chi connectivity index (χ4n) is 2.15. The maximum atomic E-state index is 13.2. The maximum Gasteiger partial charge on any atom is 0.123 e. The Kier molecular flexibility index (Phi) is 4.99. The van der Waals surface area contributed by atoms with E-state index in [4.69, 9.17) is 11.6 Å². The molecule has 0 saturated carbocycles. The van der Waals surface area contributed by atoms with Gasteiger partial charge in [0.1, 0.15) is 11.6 Å². The van der Waals surface area contributed by atoms with Crippen molar-refractivity contribution in [1.29, 1.82) is 0 Å². The second kappa shape index (κ2) is 6.73. The van der Waals surface area contributed by atoms with Crippen LogP contribution in [0.5, 0.6) is 5.75 Å². The van der Waals surface area contributed by atoms with Gasteiger partial charge in [0, 0.05) is 23.2 Å². The van der Waals surface area contributed by atoms with Gasteiger partial charge in [-0.25, -0.2) is 4.39 Å². The van der Waals surface area contributed by atoms with Crippen molar-refractivity contribution in [2.75, 3.05) is 0 Å². The zero-order valence-electron chi connectivity index (χ0n) is 11.2. The van der Waals surface area contributed by atoms with Crippen LogP contribution in [0.2, 0.25) is 5.02 Å². The van der Waals surface area contributed by atoms with Crippen molar-refractivity contribution in [3.8, 4) is 5.75 Å². The minimum Gasteiger partial charge on any atom is -0.508 e. The van der Waals surface area contributed by atoms with E-state index in [1.165, 1.54) is 18.2 Å². The number of benzene rings is 2. The van der Waals surface area contributed by atoms with Gasteiger partial charge < -0.3 is 10.4 Å². The maximum absolute atomic E-state index is 13.2. The van der Waals surface area contributed by atoms with Crippen molar-refractivity contribution in [3.63, 3.8) is 0 Å². The van der Waals surface area contributed by atoms with Crippen molar-refractivity contribution in [1.82, 2.24) is 5.32 Å². The van der Waals surface area contributed by atoms with Crippen LogP contribution < -0.4 is 5.32 Å². The summed E-state index contributed by atoms with van der Waals surface area (Å²) in [4.78, 5) is 0. The van der Waals surface area contributed by atoms with E-state index in [0.717, 1.165) is 12.0 Å². The summed E-state index contributed by atoms with van der Waals surface area (Å²) in [7, 11) is 0. The van der Waals surface area contributed by atoms with Crippen molar-refractivity contribution >= 4 is 11.6 Å². The number of phenols is 1. The molecule has 0 aliphatic heterocycles. The minimum atomic E-state index is -0.351. The lowest BCUT2D eigenvalue weighted by molar-refractivity contribution is 0.452. The van der Waals surface area contributed by atoms with Gasteiger partial charge in [0.25, 0.3) is 0 Å². The van der Waals surface area contributed by atoms with E-state index in [0.29, 0.717) is 17.1 Å². The molecule has 0 fully saturated rings. The molecule has 0 aliphatic rings. The molecule has 0 aliphatic carbocycles. The Morgan fingerprint density at radius 3 is 2.75 bits per heavy atom. The highest BCUT2D eigenvalue weighted by Crippen LogP contribution is 2.23. The van der Waals surface area contributed by atoms with Crippen LogP contribution in [-0.4, -0.2) is 5.11 Å². The van der Waals surface area contributed by atoms with Crippen LogP contribution in [0.15, 0.2) is 42.5 Å². The average Bonchev–Trinajstić information content (AvgIpc) is 2.43. The quantitative estimate of drug-likeness (QED) is 0.855. The van der Waals surface area contributed by atoms with Crippen molar-refractivity contribution in [3.05, 3.63) is 64.4 Å². The summed E-state index contributed by atoms with van der Waals surface area (Å²) in [5.41, 5.74) is 1.63. The molecular formula is C16H17ClFNO. The van der Waals surface area contributed by atoms with Gasteiger partial charge in [-0.15, -0.1) is 0 Å². The van der Waals surface area contributed by atoms with Crippen molar-refractivity contribution in [2.24, 2.45) is 0 Å². The van der Waals surface area contributed by atoms with Gasteiger partial charge in [-0.2, -0.15) is 0 Å². The largest absolute Gasteiger partial charge is 0.508 e. The lowest BCUT2D eigenvalue weighted by Crippen LogP contribution is -2.20. The molecule has 2 aromatic carbocycles. The van der Waals surface area contributed by atoms with Gasteiger partial charge in [0.2, 0.25) is 0 Å². The van der Waals surface area contributed by atoms with E-state index >= 15 is 0 Å². The molecule has 0 amide bonds. The molecule has 2 N–H and O–H groups in total. The van der Waals surface area contributed by atoms with Crippen LogP contribution in [-0.2, 0) is 6.54 Å². The van der Waals surface area contributed by atoms with Gasteiger partial charge in [-0.1, -0.05) is 30.7 Å². The topological polar surface area (TPSA) is 32.3 Å². The first kappa shape index (κ1) is 14.8. The van der Waals surface area contributed by atoms with E-state index in [1.807, 2.05) is 24.3 Å².